The second-order valence-corrected chi connectivity index (χ2v) is 6.82. The molecule has 0 bridgehead atoms. The highest BCUT2D eigenvalue weighted by Gasteiger charge is 2.22. The molecule has 118 valence electrons. The van der Waals surface area contributed by atoms with E-state index < -0.39 is 0 Å². The largest absolute Gasteiger partial charge is 0.315 e. The van der Waals surface area contributed by atoms with Crippen molar-refractivity contribution in [3.63, 3.8) is 0 Å². The Kier molecular flexibility index (Phi) is 6.22. The molecule has 21 heavy (non-hydrogen) atoms. The maximum Gasteiger partial charge on any atom is 0.0345 e. The van der Waals surface area contributed by atoms with Crippen LogP contribution in [0, 0.1) is 5.92 Å². The summed E-state index contributed by atoms with van der Waals surface area (Å²) in [5.74, 6) is 1.25. The lowest BCUT2D eigenvalue weighted by Crippen LogP contribution is -2.54. The van der Waals surface area contributed by atoms with Crippen LogP contribution in [0.4, 0.5) is 0 Å². The fourth-order valence-electron chi connectivity index (χ4n) is 3.17. The molecular formula is C18H31N3. The van der Waals surface area contributed by atoms with Gasteiger partial charge in [0.15, 0.2) is 0 Å². The standard InChI is InChI=1S/C18H31N3/c1-15(2)18(16-8-6-5-7-9-16)13-19-12-17-14-20(3)10-11-21(17)4/h5-9,15,17-19H,10-14H2,1-4H3. The fourth-order valence-corrected chi connectivity index (χ4v) is 3.17. The van der Waals surface area contributed by atoms with Crippen molar-refractivity contribution >= 4 is 0 Å². The number of piperazine rings is 1. The lowest BCUT2D eigenvalue weighted by molar-refractivity contribution is 0.113. The van der Waals surface area contributed by atoms with Gasteiger partial charge in [0.2, 0.25) is 0 Å². The van der Waals surface area contributed by atoms with Crippen molar-refractivity contribution in [2.24, 2.45) is 5.92 Å². The van der Waals surface area contributed by atoms with Crippen LogP contribution in [0.5, 0.6) is 0 Å². The lowest BCUT2D eigenvalue weighted by Gasteiger charge is -2.38. The maximum atomic E-state index is 3.72. The van der Waals surface area contributed by atoms with Gasteiger partial charge in [-0.15, -0.1) is 0 Å². The van der Waals surface area contributed by atoms with Crippen molar-refractivity contribution in [3.05, 3.63) is 35.9 Å². The average molecular weight is 289 g/mol. The second kappa shape index (κ2) is 7.92. The Morgan fingerprint density at radius 1 is 1.14 bits per heavy atom. The quantitative estimate of drug-likeness (QED) is 0.866. The molecule has 0 spiro atoms. The number of nitrogens with one attached hydrogen (secondary N) is 1. The molecule has 2 unspecified atom stereocenters. The van der Waals surface area contributed by atoms with Crippen molar-refractivity contribution < 1.29 is 0 Å². The van der Waals surface area contributed by atoms with Gasteiger partial charge in [-0.3, -0.25) is 4.90 Å². The normalized spacial score (nSPS) is 22.6. The zero-order chi connectivity index (χ0) is 15.2. The maximum absolute atomic E-state index is 3.72. The summed E-state index contributed by atoms with van der Waals surface area (Å²) in [6, 6.07) is 11.5. The molecule has 1 heterocycles. The Labute approximate surface area is 130 Å². The molecule has 0 amide bonds. The predicted octanol–water partition coefficient (Wildman–Crippen LogP) is 2.26. The van der Waals surface area contributed by atoms with Crippen molar-refractivity contribution in [1.29, 1.82) is 0 Å². The summed E-state index contributed by atoms with van der Waals surface area (Å²) < 4.78 is 0. The van der Waals surface area contributed by atoms with Gasteiger partial charge in [-0.25, -0.2) is 0 Å². The van der Waals surface area contributed by atoms with Gasteiger partial charge in [-0.1, -0.05) is 44.2 Å². The zero-order valence-electron chi connectivity index (χ0n) is 14.0. The van der Waals surface area contributed by atoms with Gasteiger partial charge >= 0.3 is 0 Å². The zero-order valence-corrected chi connectivity index (χ0v) is 14.0. The third kappa shape index (κ3) is 4.80. The Morgan fingerprint density at radius 2 is 1.86 bits per heavy atom. The van der Waals surface area contributed by atoms with E-state index in [9.17, 15) is 0 Å². The molecule has 1 saturated heterocycles. The van der Waals surface area contributed by atoms with Crippen LogP contribution in [-0.2, 0) is 0 Å². The Hall–Kier alpha value is -0.900. The minimum absolute atomic E-state index is 0.595. The smallest absolute Gasteiger partial charge is 0.0345 e. The summed E-state index contributed by atoms with van der Waals surface area (Å²) >= 11 is 0. The van der Waals surface area contributed by atoms with E-state index in [-0.39, 0.29) is 0 Å². The van der Waals surface area contributed by atoms with E-state index in [0.717, 1.165) is 13.1 Å². The van der Waals surface area contributed by atoms with Gasteiger partial charge in [0.25, 0.3) is 0 Å². The predicted molar refractivity (Wildman–Crippen MR) is 90.8 cm³/mol. The van der Waals surface area contributed by atoms with Crippen LogP contribution in [0.25, 0.3) is 0 Å². The first-order chi connectivity index (χ1) is 10.1. The van der Waals surface area contributed by atoms with Crippen LogP contribution in [0.3, 0.4) is 0 Å². The van der Waals surface area contributed by atoms with Crippen LogP contribution < -0.4 is 5.32 Å². The van der Waals surface area contributed by atoms with Crippen LogP contribution >= 0.6 is 0 Å². The second-order valence-electron chi connectivity index (χ2n) is 6.82. The molecule has 0 saturated carbocycles. The van der Waals surface area contributed by atoms with Crippen molar-refractivity contribution in [3.8, 4) is 0 Å². The molecular weight excluding hydrogens is 258 g/mol. The monoisotopic (exact) mass is 289 g/mol. The van der Waals surface area contributed by atoms with Crippen molar-refractivity contribution in [2.45, 2.75) is 25.8 Å². The molecule has 1 fully saturated rings. The first kappa shape index (κ1) is 16.5. The topological polar surface area (TPSA) is 18.5 Å². The molecule has 1 aliphatic rings. The number of benzene rings is 1. The molecule has 1 N–H and O–H groups in total. The first-order valence-electron chi connectivity index (χ1n) is 8.22. The summed E-state index contributed by atoms with van der Waals surface area (Å²) in [7, 11) is 4.47. The molecule has 3 nitrogen and oxygen atoms in total. The third-order valence-electron chi connectivity index (χ3n) is 4.76. The molecule has 1 aromatic rings. The summed E-state index contributed by atoms with van der Waals surface area (Å²) in [5.41, 5.74) is 1.45. The molecule has 2 rings (SSSR count). The fraction of sp³-hybridized carbons (Fsp3) is 0.667. The first-order valence-corrected chi connectivity index (χ1v) is 8.22. The Balaban J connectivity index is 1.85. The van der Waals surface area contributed by atoms with Crippen molar-refractivity contribution in [2.75, 3.05) is 46.8 Å². The van der Waals surface area contributed by atoms with Crippen LogP contribution in [-0.4, -0.2) is 62.7 Å². The molecule has 2 atom stereocenters. The summed E-state index contributed by atoms with van der Waals surface area (Å²) in [5, 5.41) is 3.72. The minimum atomic E-state index is 0.595. The van der Waals surface area contributed by atoms with E-state index in [1.54, 1.807) is 0 Å². The number of nitrogens with zero attached hydrogens (tertiary/aromatic N) is 2. The molecule has 3 heteroatoms. The van der Waals surface area contributed by atoms with Gasteiger partial charge in [0, 0.05) is 38.8 Å². The number of hydrogen-bond donors (Lipinski definition) is 1. The third-order valence-corrected chi connectivity index (χ3v) is 4.76. The molecule has 0 aromatic heterocycles. The van der Waals surface area contributed by atoms with E-state index in [1.807, 2.05) is 0 Å². The number of rotatable bonds is 6. The summed E-state index contributed by atoms with van der Waals surface area (Å²) in [6.45, 7) is 10.3. The van der Waals surface area contributed by atoms with Crippen LogP contribution in [0.1, 0.15) is 25.3 Å². The highest BCUT2D eigenvalue weighted by atomic mass is 15.3. The number of hydrogen-bond acceptors (Lipinski definition) is 3. The molecule has 0 radical (unpaired) electrons. The van der Waals surface area contributed by atoms with Gasteiger partial charge in [-0.05, 0) is 31.5 Å². The summed E-state index contributed by atoms with van der Waals surface area (Å²) in [4.78, 5) is 4.92. The van der Waals surface area contributed by atoms with Crippen LogP contribution in [0.2, 0.25) is 0 Å². The minimum Gasteiger partial charge on any atom is -0.315 e. The van der Waals surface area contributed by atoms with Gasteiger partial charge in [0.05, 0.1) is 0 Å². The lowest BCUT2D eigenvalue weighted by atomic mass is 9.88. The Morgan fingerprint density at radius 3 is 2.52 bits per heavy atom. The van der Waals surface area contributed by atoms with E-state index in [2.05, 4.69) is 73.4 Å². The average Bonchev–Trinajstić information content (AvgIpc) is 2.47. The van der Waals surface area contributed by atoms with E-state index in [4.69, 9.17) is 0 Å². The number of likely N-dealkylation sites (N-methyl/N-ethyl adjacent to an activating group) is 2. The SMILES string of the molecule is CC(C)C(CNCC1CN(C)CCN1C)c1ccccc1. The highest BCUT2D eigenvalue weighted by molar-refractivity contribution is 5.20. The van der Waals surface area contributed by atoms with E-state index in [1.165, 1.54) is 25.2 Å². The van der Waals surface area contributed by atoms with Crippen molar-refractivity contribution in [1.82, 2.24) is 15.1 Å². The molecule has 1 aromatic carbocycles. The van der Waals surface area contributed by atoms with Gasteiger partial charge < -0.3 is 10.2 Å². The highest BCUT2D eigenvalue weighted by Crippen LogP contribution is 2.23. The van der Waals surface area contributed by atoms with Gasteiger partial charge in [0.1, 0.15) is 0 Å². The molecule has 1 aliphatic heterocycles. The van der Waals surface area contributed by atoms with Crippen LogP contribution in [0.15, 0.2) is 30.3 Å². The van der Waals surface area contributed by atoms with E-state index >= 15 is 0 Å². The Bertz CT molecular complexity index is 404. The van der Waals surface area contributed by atoms with E-state index in [0.29, 0.717) is 17.9 Å². The molecule has 0 aliphatic carbocycles. The van der Waals surface area contributed by atoms with Gasteiger partial charge in [-0.2, -0.15) is 0 Å². The summed E-state index contributed by atoms with van der Waals surface area (Å²) in [6.07, 6.45) is 0.